The minimum absolute atomic E-state index is 0.0413. The quantitative estimate of drug-likeness (QED) is 0.892. The van der Waals surface area contributed by atoms with Gasteiger partial charge in [0.05, 0.1) is 13.0 Å². The highest BCUT2D eigenvalue weighted by Crippen LogP contribution is 2.18. The molecule has 1 aromatic rings. The zero-order valence-corrected chi connectivity index (χ0v) is 12.4. The second-order valence-electron chi connectivity index (χ2n) is 5.18. The second-order valence-corrected chi connectivity index (χ2v) is 5.18. The van der Waals surface area contributed by atoms with Crippen LogP contribution < -0.4 is 10.1 Å². The molecule has 1 aromatic carbocycles. The molecule has 0 unspecified atom stereocenters. The monoisotopic (exact) mass is 290 g/mol. The predicted octanol–water partition coefficient (Wildman–Crippen LogP) is 1.44. The van der Waals surface area contributed by atoms with E-state index < -0.39 is 0 Å². The smallest absolute Gasteiger partial charge is 0.225 e. The number of likely N-dealkylation sites (tertiary alicyclic amines) is 1. The Bertz CT molecular complexity index is 468. The Balaban J connectivity index is 1.69. The summed E-state index contributed by atoms with van der Waals surface area (Å²) in [6.07, 6.45) is 1.86. The minimum atomic E-state index is 0.0413. The molecule has 1 saturated heterocycles. The number of nitrogens with one attached hydrogen (secondary N) is 1. The number of carbonyl (C=O) groups excluding carboxylic acids is 2. The molecule has 5 nitrogen and oxygen atoms in total. The Hall–Kier alpha value is -2.04. The summed E-state index contributed by atoms with van der Waals surface area (Å²) < 4.78 is 5.53. The first-order valence-electron chi connectivity index (χ1n) is 7.38. The third-order valence-electron chi connectivity index (χ3n) is 3.79. The molecule has 0 radical (unpaired) electrons. The fraction of sp³-hybridized carbons (Fsp3) is 0.500. The zero-order chi connectivity index (χ0) is 15.1. The predicted molar refractivity (Wildman–Crippen MR) is 79.9 cm³/mol. The molecular weight excluding hydrogens is 268 g/mol. The summed E-state index contributed by atoms with van der Waals surface area (Å²) in [6.45, 7) is 1.70. The molecule has 21 heavy (non-hydrogen) atoms. The number of piperidine rings is 1. The highest BCUT2D eigenvalue weighted by molar-refractivity contribution is 5.79. The van der Waals surface area contributed by atoms with Gasteiger partial charge >= 0.3 is 0 Å². The minimum Gasteiger partial charge on any atom is -0.493 e. The molecule has 1 aliphatic rings. The first-order valence-corrected chi connectivity index (χ1v) is 7.38. The van der Waals surface area contributed by atoms with Gasteiger partial charge in [-0.3, -0.25) is 9.59 Å². The maximum Gasteiger partial charge on any atom is 0.225 e. The van der Waals surface area contributed by atoms with Crippen LogP contribution in [-0.2, 0) is 9.59 Å². The Morgan fingerprint density at radius 1 is 1.24 bits per heavy atom. The Morgan fingerprint density at radius 2 is 1.90 bits per heavy atom. The average Bonchev–Trinajstić information content (AvgIpc) is 2.55. The summed E-state index contributed by atoms with van der Waals surface area (Å²) in [5.74, 6) is 0.999. The largest absolute Gasteiger partial charge is 0.493 e. The van der Waals surface area contributed by atoms with Gasteiger partial charge in [0, 0.05) is 26.1 Å². The van der Waals surface area contributed by atoms with E-state index in [2.05, 4.69) is 5.32 Å². The lowest BCUT2D eigenvalue weighted by Gasteiger charge is -2.31. The summed E-state index contributed by atoms with van der Waals surface area (Å²) in [5.41, 5.74) is 0. The van der Waals surface area contributed by atoms with Gasteiger partial charge in [-0.15, -0.1) is 0 Å². The van der Waals surface area contributed by atoms with Crippen LogP contribution in [0, 0.1) is 5.92 Å². The Morgan fingerprint density at radius 3 is 2.52 bits per heavy atom. The second kappa shape index (κ2) is 7.67. The number of carbonyl (C=O) groups is 2. The topological polar surface area (TPSA) is 58.6 Å². The molecule has 0 spiro atoms. The van der Waals surface area contributed by atoms with Crippen LogP contribution in [-0.4, -0.2) is 43.5 Å². The fourth-order valence-corrected chi connectivity index (χ4v) is 2.53. The van der Waals surface area contributed by atoms with Crippen molar-refractivity contribution in [2.24, 2.45) is 5.92 Å². The van der Waals surface area contributed by atoms with Crippen LogP contribution in [0.15, 0.2) is 30.3 Å². The van der Waals surface area contributed by atoms with Crippen molar-refractivity contribution >= 4 is 11.8 Å². The lowest BCUT2D eigenvalue weighted by molar-refractivity contribution is -0.135. The molecule has 0 bridgehead atoms. The van der Waals surface area contributed by atoms with E-state index >= 15 is 0 Å². The summed E-state index contributed by atoms with van der Waals surface area (Å²) in [5, 5.41) is 2.67. The zero-order valence-electron chi connectivity index (χ0n) is 12.4. The fourth-order valence-electron chi connectivity index (χ4n) is 2.53. The van der Waals surface area contributed by atoms with Crippen molar-refractivity contribution in [1.82, 2.24) is 10.2 Å². The van der Waals surface area contributed by atoms with Gasteiger partial charge in [0.15, 0.2) is 0 Å². The molecule has 2 amide bonds. The molecule has 0 aliphatic carbocycles. The molecule has 0 aromatic heterocycles. The Kier molecular flexibility index (Phi) is 5.60. The number of rotatable bonds is 5. The van der Waals surface area contributed by atoms with Crippen molar-refractivity contribution in [3.8, 4) is 5.75 Å². The van der Waals surface area contributed by atoms with E-state index in [0.29, 0.717) is 26.1 Å². The lowest BCUT2D eigenvalue weighted by Crippen LogP contribution is -2.42. The molecule has 1 fully saturated rings. The third kappa shape index (κ3) is 4.48. The molecule has 1 aliphatic heterocycles. The van der Waals surface area contributed by atoms with Crippen LogP contribution in [0.4, 0.5) is 0 Å². The van der Waals surface area contributed by atoms with Crippen LogP contribution in [0.2, 0.25) is 0 Å². The van der Waals surface area contributed by atoms with E-state index in [9.17, 15) is 9.59 Å². The molecule has 1 heterocycles. The van der Waals surface area contributed by atoms with Crippen molar-refractivity contribution < 1.29 is 14.3 Å². The number of amides is 2. The molecule has 1 N–H and O–H groups in total. The van der Waals surface area contributed by atoms with E-state index in [1.54, 1.807) is 7.05 Å². The number of hydrogen-bond acceptors (Lipinski definition) is 3. The summed E-state index contributed by atoms with van der Waals surface area (Å²) in [6, 6.07) is 9.48. The highest BCUT2D eigenvalue weighted by atomic mass is 16.5. The normalized spacial score (nSPS) is 15.6. The standard InChI is InChI=1S/C16H22N2O3/c1-17-16(20)13-7-10-18(11-8-13)15(19)9-12-21-14-5-3-2-4-6-14/h2-6,13H,7-12H2,1H3,(H,17,20). The molecule has 0 saturated carbocycles. The van der Waals surface area contributed by atoms with Crippen LogP contribution in [0.3, 0.4) is 0 Å². The van der Waals surface area contributed by atoms with Crippen LogP contribution in [0.5, 0.6) is 5.75 Å². The highest BCUT2D eigenvalue weighted by Gasteiger charge is 2.26. The molecule has 114 valence electrons. The molecular formula is C16H22N2O3. The lowest BCUT2D eigenvalue weighted by atomic mass is 9.96. The van der Waals surface area contributed by atoms with Gasteiger partial charge < -0.3 is 15.0 Å². The number of nitrogens with zero attached hydrogens (tertiary/aromatic N) is 1. The van der Waals surface area contributed by atoms with Crippen molar-refractivity contribution in [3.63, 3.8) is 0 Å². The summed E-state index contributed by atoms with van der Waals surface area (Å²) >= 11 is 0. The Labute approximate surface area is 125 Å². The molecule has 0 atom stereocenters. The van der Waals surface area contributed by atoms with Crippen molar-refractivity contribution in [2.75, 3.05) is 26.7 Å². The number of hydrogen-bond donors (Lipinski definition) is 1. The number of benzene rings is 1. The first-order chi connectivity index (χ1) is 10.2. The van der Waals surface area contributed by atoms with Gasteiger partial charge in [-0.1, -0.05) is 18.2 Å². The average molecular weight is 290 g/mol. The van der Waals surface area contributed by atoms with Gasteiger partial charge in [0.25, 0.3) is 0 Å². The maximum atomic E-state index is 12.1. The van der Waals surface area contributed by atoms with Crippen LogP contribution in [0.25, 0.3) is 0 Å². The summed E-state index contributed by atoms with van der Waals surface area (Å²) in [7, 11) is 1.65. The number of ether oxygens (including phenoxy) is 1. The van der Waals surface area contributed by atoms with E-state index in [0.717, 1.165) is 18.6 Å². The maximum absolute atomic E-state index is 12.1. The van der Waals surface area contributed by atoms with Gasteiger partial charge in [-0.2, -0.15) is 0 Å². The summed E-state index contributed by atoms with van der Waals surface area (Å²) in [4.78, 5) is 25.4. The van der Waals surface area contributed by atoms with Crippen molar-refractivity contribution in [3.05, 3.63) is 30.3 Å². The van der Waals surface area contributed by atoms with E-state index in [-0.39, 0.29) is 17.7 Å². The third-order valence-corrected chi connectivity index (χ3v) is 3.79. The SMILES string of the molecule is CNC(=O)C1CCN(C(=O)CCOc2ccccc2)CC1. The van der Waals surface area contributed by atoms with Crippen molar-refractivity contribution in [2.45, 2.75) is 19.3 Å². The van der Waals surface area contributed by atoms with Crippen LogP contribution in [0.1, 0.15) is 19.3 Å². The van der Waals surface area contributed by atoms with Gasteiger partial charge in [-0.25, -0.2) is 0 Å². The van der Waals surface area contributed by atoms with Crippen molar-refractivity contribution in [1.29, 1.82) is 0 Å². The van der Waals surface area contributed by atoms with E-state index in [1.807, 2.05) is 35.2 Å². The molecule has 2 rings (SSSR count). The molecule has 5 heteroatoms. The number of para-hydroxylation sites is 1. The van der Waals surface area contributed by atoms with E-state index in [1.165, 1.54) is 0 Å². The van der Waals surface area contributed by atoms with Gasteiger partial charge in [-0.05, 0) is 25.0 Å². The van der Waals surface area contributed by atoms with Gasteiger partial charge in [0.1, 0.15) is 5.75 Å². The van der Waals surface area contributed by atoms with Gasteiger partial charge in [0.2, 0.25) is 11.8 Å². The first kappa shape index (κ1) is 15.4. The van der Waals surface area contributed by atoms with Crippen LogP contribution >= 0.6 is 0 Å². The van der Waals surface area contributed by atoms with E-state index in [4.69, 9.17) is 4.74 Å².